The molecule has 6 rings (SSSR count). The van der Waals surface area contributed by atoms with Crippen LogP contribution >= 0.6 is 0 Å². The van der Waals surface area contributed by atoms with E-state index in [1.165, 1.54) is 0 Å². The molecule has 1 unspecified atom stereocenters. The Labute approximate surface area is 232 Å². The summed E-state index contributed by atoms with van der Waals surface area (Å²) in [5.41, 5.74) is 8.83. The number of tetrazole rings is 1. The Kier molecular flexibility index (Phi) is 6.69. The Balaban J connectivity index is 1.58. The van der Waals surface area contributed by atoms with Crippen molar-refractivity contribution in [3.63, 3.8) is 0 Å². The molecule has 1 aliphatic rings. The van der Waals surface area contributed by atoms with Gasteiger partial charge in [-0.3, -0.25) is 14.9 Å². The third-order valence-corrected chi connectivity index (χ3v) is 7.47. The first-order valence-corrected chi connectivity index (χ1v) is 13.4. The molecule has 2 aromatic heterocycles. The van der Waals surface area contributed by atoms with E-state index in [0.29, 0.717) is 5.82 Å². The number of aromatic amines is 2. The summed E-state index contributed by atoms with van der Waals surface area (Å²) in [7, 11) is 1.70. The molecule has 0 saturated carbocycles. The molecule has 0 radical (unpaired) electrons. The largest absolute Gasteiger partial charge is 0.275 e. The number of fused-ring (bicyclic) bond motifs is 1. The van der Waals surface area contributed by atoms with Crippen molar-refractivity contribution in [3.8, 4) is 22.5 Å². The van der Waals surface area contributed by atoms with Gasteiger partial charge in [0.1, 0.15) is 5.52 Å². The highest BCUT2D eigenvalue weighted by atomic mass is 16.7. The lowest BCUT2D eigenvalue weighted by molar-refractivity contribution is -0.169. The van der Waals surface area contributed by atoms with Gasteiger partial charge in [0.2, 0.25) is 0 Å². The first-order valence-electron chi connectivity index (χ1n) is 13.4. The van der Waals surface area contributed by atoms with Crippen LogP contribution in [0.1, 0.15) is 51.2 Å². The van der Waals surface area contributed by atoms with E-state index >= 15 is 0 Å². The summed E-state index contributed by atoms with van der Waals surface area (Å²) in [6.45, 7) is 6.41. The van der Waals surface area contributed by atoms with Crippen molar-refractivity contribution in [2.24, 2.45) is 4.99 Å². The molecule has 2 N–H and O–H groups in total. The van der Waals surface area contributed by atoms with Crippen LogP contribution in [0, 0.1) is 0 Å². The third kappa shape index (κ3) is 4.46. The number of hydrogen-bond acceptors (Lipinski definition) is 8. The molecule has 202 valence electrons. The average molecular weight is 534 g/mol. The minimum absolute atomic E-state index is 0.586. The predicted molar refractivity (Wildman–Crippen MR) is 155 cm³/mol. The number of H-pyrrole nitrogens is 2. The molecular formula is C30H31N9O. The zero-order valence-corrected chi connectivity index (χ0v) is 23.0. The number of allylic oxidation sites excluding steroid dienone is 2. The Morgan fingerprint density at radius 2 is 1.70 bits per heavy atom. The van der Waals surface area contributed by atoms with E-state index in [0.717, 1.165) is 75.1 Å². The fraction of sp³-hybridized carbons (Fsp3) is 0.267. The van der Waals surface area contributed by atoms with Gasteiger partial charge in [-0.25, -0.2) is 10.2 Å². The van der Waals surface area contributed by atoms with Crippen LogP contribution in [-0.2, 0) is 4.84 Å². The summed E-state index contributed by atoms with van der Waals surface area (Å²) < 4.78 is 0. The first kappa shape index (κ1) is 25.6. The van der Waals surface area contributed by atoms with Crippen LogP contribution in [-0.4, -0.2) is 59.6 Å². The second-order valence-electron chi connectivity index (χ2n) is 10.1. The van der Waals surface area contributed by atoms with Gasteiger partial charge in [-0.15, -0.1) is 10.2 Å². The maximum absolute atomic E-state index is 5.99. The molecule has 40 heavy (non-hydrogen) atoms. The molecule has 0 fully saturated rings. The van der Waals surface area contributed by atoms with Gasteiger partial charge in [0.15, 0.2) is 11.5 Å². The third-order valence-electron chi connectivity index (χ3n) is 7.47. The molecule has 10 nitrogen and oxygen atoms in total. The lowest BCUT2D eigenvalue weighted by Crippen LogP contribution is -2.47. The lowest BCUT2D eigenvalue weighted by Gasteiger charge is -2.43. The number of rotatable bonds is 8. The van der Waals surface area contributed by atoms with Crippen LogP contribution in [0.4, 0.5) is 0 Å². The van der Waals surface area contributed by atoms with Gasteiger partial charge in [-0.05, 0) is 72.0 Å². The van der Waals surface area contributed by atoms with Crippen LogP contribution in [0.5, 0.6) is 0 Å². The molecule has 0 saturated heterocycles. The number of aromatic nitrogens is 7. The number of benzene rings is 3. The maximum atomic E-state index is 5.99. The van der Waals surface area contributed by atoms with Gasteiger partial charge in [0.25, 0.3) is 0 Å². The standard InChI is InChI=1S/C30H31N9O/c1-5-6-16-30(3)31-28(27(19(2)39(30)40-4)21-13-15-25-26(18-21)33-36-32-25)22-12-14-23(20-10-8-7-9-11-20)24(17-22)29-34-37-38-35-29/h7-15,17-18H,5-6,16H2,1-4H3,(H,32,33,36)(H,34,35,37,38). The molecular weight excluding hydrogens is 502 g/mol. The number of nitrogens with one attached hydrogen (secondary N) is 2. The summed E-state index contributed by atoms with van der Waals surface area (Å²) in [5, 5.41) is 28.0. The monoisotopic (exact) mass is 533 g/mol. The van der Waals surface area contributed by atoms with Gasteiger partial charge in [0.05, 0.1) is 24.0 Å². The summed E-state index contributed by atoms with van der Waals surface area (Å²) in [5.74, 6) is 0.593. The predicted octanol–water partition coefficient (Wildman–Crippen LogP) is 5.81. The van der Waals surface area contributed by atoms with Gasteiger partial charge in [-0.1, -0.05) is 67.1 Å². The molecule has 0 amide bonds. The van der Waals surface area contributed by atoms with Crippen molar-refractivity contribution in [1.82, 2.24) is 41.1 Å². The Morgan fingerprint density at radius 3 is 2.45 bits per heavy atom. The highest BCUT2D eigenvalue weighted by Gasteiger charge is 2.39. The van der Waals surface area contributed by atoms with Crippen LogP contribution in [0.3, 0.4) is 0 Å². The maximum Gasteiger partial charge on any atom is 0.180 e. The number of hydroxylamine groups is 2. The van der Waals surface area contributed by atoms with Crippen LogP contribution in [0.25, 0.3) is 39.1 Å². The van der Waals surface area contributed by atoms with Crippen molar-refractivity contribution in [3.05, 3.63) is 83.6 Å². The van der Waals surface area contributed by atoms with Crippen molar-refractivity contribution in [1.29, 1.82) is 0 Å². The second kappa shape index (κ2) is 10.5. The summed E-state index contributed by atoms with van der Waals surface area (Å²) >= 11 is 0. The Bertz CT molecular complexity index is 1710. The van der Waals surface area contributed by atoms with Crippen molar-refractivity contribution in [2.45, 2.75) is 45.7 Å². The smallest absolute Gasteiger partial charge is 0.180 e. The minimum Gasteiger partial charge on any atom is -0.275 e. The van der Waals surface area contributed by atoms with E-state index in [-0.39, 0.29) is 0 Å². The molecule has 0 aliphatic carbocycles. The van der Waals surface area contributed by atoms with Crippen molar-refractivity contribution < 1.29 is 4.84 Å². The normalized spacial score (nSPS) is 17.5. The van der Waals surface area contributed by atoms with Gasteiger partial charge >= 0.3 is 0 Å². The SMILES string of the molecule is CCCCC1(C)N=C(c2ccc(-c3ccccc3)c(-c3nnn[nH]3)c2)C(c2ccc3[nH]nnc3c2)=C(C)N1OC. The number of unbranched alkanes of at least 4 members (excludes halogenated alkanes) is 1. The molecule has 0 spiro atoms. The second-order valence-corrected chi connectivity index (χ2v) is 10.1. The van der Waals surface area contributed by atoms with Crippen LogP contribution < -0.4 is 0 Å². The summed E-state index contributed by atoms with van der Waals surface area (Å²) in [4.78, 5) is 11.4. The molecule has 1 aliphatic heterocycles. The molecule has 0 bridgehead atoms. The minimum atomic E-state index is -0.586. The van der Waals surface area contributed by atoms with E-state index < -0.39 is 5.66 Å². The van der Waals surface area contributed by atoms with Crippen molar-refractivity contribution >= 4 is 22.3 Å². The Morgan fingerprint density at radius 1 is 0.875 bits per heavy atom. The van der Waals surface area contributed by atoms with E-state index in [1.807, 2.05) is 35.4 Å². The molecule has 3 aromatic carbocycles. The topological polar surface area (TPSA) is 121 Å². The first-order chi connectivity index (χ1) is 19.5. The zero-order chi connectivity index (χ0) is 27.7. The molecule has 1 atom stereocenters. The van der Waals surface area contributed by atoms with Gasteiger partial charge < -0.3 is 0 Å². The summed E-state index contributed by atoms with van der Waals surface area (Å²) in [6.07, 6.45) is 2.92. The fourth-order valence-corrected chi connectivity index (χ4v) is 5.56. The van der Waals surface area contributed by atoms with Crippen molar-refractivity contribution in [2.75, 3.05) is 7.11 Å². The average Bonchev–Trinajstić information content (AvgIpc) is 3.69. The van der Waals surface area contributed by atoms with E-state index in [9.17, 15) is 0 Å². The van der Waals surface area contributed by atoms with E-state index in [2.05, 4.69) is 93.2 Å². The van der Waals surface area contributed by atoms with Gasteiger partial charge in [-0.2, -0.15) is 0 Å². The molecule has 3 heterocycles. The van der Waals surface area contributed by atoms with Gasteiger partial charge in [0, 0.05) is 16.7 Å². The lowest BCUT2D eigenvalue weighted by atomic mass is 9.87. The van der Waals surface area contributed by atoms with Crippen LogP contribution in [0.15, 0.2) is 77.4 Å². The quantitative estimate of drug-likeness (QED) is 0.258. The zero-order valence-electron chi connectivity index (χ0n) is 23.0. The summed E-state index contributed by atoms with van der Waals surface area (Å²) in [6, 6.07) is 22.7. The van der Waals surface area contributed by atoms with Crippen LogP contribution in [0.2, 0.25) is 0 Å². The number of aliphatic imine (C=N–C) groups is 1. The van der Waals surface area contributed by atoms with E-state index in [1.54, 1.807) is 7.11 Å². The highest BCUT2D eigenvalue weighted by molar-refractivity contribution is 6.33. The molecule has 10 heteroatoms. The number of nitrogens with zero attached hydrogens (tertiary/aromatic N) is 7. The highest BCUT2D eigenvalue weighted by Crippen LogP contribution is 2.41. The number of hydrogen-bond donors (Lipinski definition) is 2. The molecule has 5 aromatic rings. The Hall–Kier alpha value is -4.70. The fourth-order valence-electron chi connectivity index (χ4n) is 5.56. The van der Waals surface area contributed by atoms with E-state index in [4.69, 9.17) is 9.83 Å².